The average Bonchev–Trinajstić information content (AvgIpc) is 2.17. The highest BCUT2D eigenvalue weighted by Crippen LogP contribution is 2.01. The second-order valence-electron chi connectivity index (χ2n) is 2.77. The number of ether oxygens (including phenoxy) is 2. The zero-order valence-electron chi connectivity index (χ0n) is 7.17. The summed E-state index contributed by atoms with van der Waals surface area (Å²) in [5, 5.41) is 0. The lowest BCUT2D eigenvalue weighted by Crippen LogP contribution is -2.09. The van der Waals surface area contributed by atoms with E-state index in [0.29, 0.717) is 6.61 Å². The summed E-state index contributed by atoms with van der Waals surface area (Å²) in [5.41, 5.74) is 1.12. The van der Waals surface area contributed by atoms with Crippen molar-refractivity contribution in [2.45, 2.75) is 19.4 Å². The largest absolute Gasteiger partial charge is 0.379 e. The highest BCUT2D eigenvalue weighted by Gasteiger charge is 2.08. The molecule has 0 aliphatic carbocycles. The van der Waals surface area contributed by atoms with Gasteiger partial charge in [-0.15, -0.1) is 0 Å². The minimum atomic E-state index is 0.268. The Balaban J connectivity index is 2.38. The van der Waals surface area contributed by atoms with Crippen molar-refractivity contribution >= 4 is 5.71 Å². The molecule has 64 valence electrons. The molecule has 0 radical (unpaired) electrons. The Bertz CT molecular complexity index is 145. The van der Waals surface area contributed by atoms with E-state index in [1.807, 2.05) is 6.92 Å². The van der Waals surface area contributed by atoms with Gasteiger partial charge in [0.05, 0.1) is 25.9 Å². The predicted molar refractivity (Wildman–Crippen MR) is 44.2 cm³/mol. The molecule has 1 unspecified atom stereocenters. The maximum absolute atomic E-state index is 5.41. The number of nitrogens with zero attached hydrogens (tertiary/aromatic N) is 1. The maximum atomic E-state index is 5.41. The summed E-state index contributed by atoms with van der Waals surface area (Å²) in [6, 6.07) is 0. The molecule has 1 aliphatic rings. The number of methoxy groups -OCH3 is 1. The first-order chi connectivity index (χ1) is 5.33. The van der Waals surface area contributed by atoms with Gasteiger partial charge in [0.15, 0.2) is 0 Å². The molecule has 1 rings (SSSR count). The monoisotopic (exact) mass is 157 g/mol. The smallest absolute Gasteiger partial charge is 0.0841 e. The van der Waals surface area contributed by atoms with Crippen LogP contribution in [0.3, 0.4) is 0 Å². The maximum Gasteiger partial charge on any atom is 0.0841 e. The van der Waals surface area contributed by atoms with E-state index in [2.05, 4.69) is 4.99 Å². The van der Waals surface area contributed by atoms with Crippen molar-refractivity contribution in [1.82, 2.24) is 0 Å². The third kappa shape index (κ3) is 2.99. The zero-order valence-corrected chi connectivity index (χ0v) is 7.17. The summed E-state index contributed by atoms with van der Waals surface area (Å²) in [6.07, 6.45) is 1.18. The van der Waals surface area contributed by atoms with Crippen LogP contribution >= 0.6 is 0 Å². The Morgan fingerprint density at radius 3 is 3.27 bits per heavy atom. The lowest BCUT2D eigenvalue weighted by Gasteiger charge is -2.04. The van der Waals surface area contributed by atoms with Gasteiger partial charge in [0.2, 0.25) is 0 Å². The Kier molecular flexibility index (Phi) is 3.52. The molecular formula is C8H15NO2. The van der Waals surface area contributed by atoms with Crippen molar-refractivity contribution in [3.63, 3.8) is 0 Å². The van der Waals surface area contributed by atoms with Crippen LogP contribution in [0.25, 0.3) is 0 Å². The van der Waals surface area contributed by atoms with Crippen LogP contribution in [-0.2, 0) is 9.47 Å². The Morgan fingerprint density at radius 2 is 2.55 bits per heavy atom. The van der Waals surface area contributed by atoms with Gasteiger partial charge < -0.3 is 9.47 Å². The van der Waals surface area contributed by atoms with E-state index < -0.39 is 0 Å². The summed E-state index contributed by atoms with van der Waals surface area (Å²) >= 11 is 0. The fourth-order valence-electron chi connectivity index (χ4n) is 1.05. The second kappa shape index (κ2) is 4.46. The van der Waals surface area contributed by atoms with Crippen molar-refractivity contribution in [3.05, 3.63) is 0 Å². The molecule has 0 spiro atoms. The summed E-state index contributed by atoms with van der Waals surface area (Å²) < 4.78 is 10.4. The fraction of sp³-hybridized carbons (Fsp3) is 0.875. The van der Waals surface area contributed by atoms with E-state index in [1.54, 1.807) is 7.11 Å². The van der Waals surface area contributed by atoms with Crippen molar-refractivity contribution in [1.29, 1.82) is 0 Å². The van der Waals surface area contributed by atoms with E-state index in [-0.39, 0.29) is 6.10 Å². The summed E-state index contributed by atoms with van der Waals surface area (Å²) in [6.45, 7) is 4.25. The molecule has 3 heteroatoms. The summed E-state index contributed by atoms with van der Waals surface area (Å²) in [7, 11) is 1.69. The van der Waals surface area contributed by atoms with E-state index in [0.717, 1.165) is 25.3 Å². The van der Waals surface area contributed by atoms with Crippen molar-refractivity contribution in [3.8, 4) is 0 Å². The van der Waals surface area contributed by atoms with Crippen molar-refractivity contribution in [2.24, 2.45) is 4.99 Å². The van der Waals surface area contributed by atoms with Crippen LogP contribution in [0.5, 0.6) is 0 Å². The van der Waals surface area contributed by atoms with Crippen LogP contribution in [0.15, 0.2) is 4.99 Å². The van der Waals surface area contributed by atoms with Gasteiger partial charge in [-0.05, 0) is 6.92 Å². The van der Waals surface area contributed by atoms with E-state index in [9.17, 15) is 0 Å². The van der Waals surface area contributed by atoms with Gasteiger partial charge in [0, 0.05) is 19.2 Å². The first-order valence-electron chi connectivity index (χ1n) is 3.95. The Morgan fingerprint density at radius 1 is 1.73 bits per heavy atom. The fourth-order valence-corrected chi connectivity index (χ4v) is 1.05. The van der Waals surface area contributed by atoms with Gasteiger partial charge in [-0.2, -0.15) is 0 Å². The second-order valence-corrected chi connectivity index (χ2v) is 2.77. The van der Waals surface area contributed by atoms with Crippen LogP contribution in [0.2, 0.25) is 0 Å². The topological polar surface area (TPSA) is 30.8 Å². The quantitative estimate of drug-likeness (QED) is 0.595. The van der Waals surface area contributed by atoms with Crippen LogP contribution < -0.4 is 0 Å². The van der Waals surface area contributed by atoms with Crippen molar-refractivity contribution < 1.29 is 9.47 Å². The number of hydrogen-bond donors (Lipinski definition) is 0. The Labute approximate surface area is 67.4 Å². The van der Waals surface area contributed by atoms with E-state index >= 15 is 0 Å². The van der Waals surface area contributed by atoms with Gasteiger partial charge in [-0.25, -0.2) is 0 Å². The van der Waals surface area contributed by atoms with Gasteiger partial charge in [-0.3, -0.25) is 4.99 Å². The molecular weight excluding hydrogens is 142 g/mol. The molecule has 11 heavy (non-hydrogen) atoms. The molecule has 0 aromatic carbocycles. The van der Waals surface area contributed by atoms with Crippen molar-refractivity contribution in [2.75, 3.05) is 26.9 Å². The van der Waals surface area contributed by atoms with Gasteiger partial charge in [0.1, 0.15) is 0 Å². The highest BCUT2D eigenvalue weighted by molar-refractivity contribution is 5.85. The van der Waals surface area contributed by atoms with Crippen LogP contribution in [-0.4, -0.2) is 38.7 Å². The van der Waals surface area contributed by atoms with Gasteiger partial charge >= 0.3 is 0 Å². The highest BCUT2D eigenvalue weighted by atomic mass is 16.5. The average molecular weight is 157 g/mol. The van der Waals surface area contributed by atoms with Gasteiger partial charge in [0.25, 0.3) is 0 Å². The Hall–Kier alpha value is -0.410. The van der Waals surface area contributed by atoms with E-state index in [1.165, 1.54) is 0 Å². The molecule has 1 heterocycles. The number of hydrogen-bond acceptors (Lipinski definition) is 3. The number of aliphatic imine (C=N–C) groups is 1. The lowest BCUT2D eigenvalue weighted by atomic mass is 10.3. The first-order valence-corrected chi connectivity index (χ1v) is 3.95. The first kappa shape index (κ1) is 8.68. The lowest BCUT2D eigenvalue weighted by molar-refractivity contribution is 0.0816. The normalized spacial score (nSPS) is 26.0. The predicted octanol–water partition coefficient (Wildman–Crippen LogP) is 0.883. The molecule has 0 aromatic rings. The molecule has 0 N–H and O–H groups in total. The minimum Gasteiger partial charge on any atom is -0.379 e. The third-order valence-electron chi connectivity index (χ3n) is 1.68. The molecule has 0 fully saturated rings. The summed E-state index contributed by atoms with van der Waals surface area (Å²) in [5.74, 6) is 0. The summed E-state index contributed by atoms with van der Waals surface area (Å²) in [4.78, 5) is 4.36. The number of rotatable bonds is 2. The van der Waals surface area contributed by atoms with Gasteiger partial charge in [-0.1, -0.05) is 0 Å². The van der Waals surface area contributed by atoms with Crippen LogP contribution in [0, 0.1) is 0 Å². The molecule has 0 aromatic heterocycles. The minimum absolute atomic E-state index is 0.268. The molecule has 0 saturated carbocycles. The SMILES string of the molecule is COCC1=NCC(C)OCC1. The third-order valence-corrected chi connectivity index (χ3v) is 1.68. The zero-order chi connectivity index (χ0) is 8.10. The molecule has 0 bridgehead atoms. The van der Waals surface area contributed by atoms with Crippen LogP contribution in [0.1, 0.15) is 13.3 Å². The molecule has 0 saturated heterocycles. The van der Waals surface area contributed by atoms with E-state index in [4.69, 9.17) is 9.47 Å². The molecule has 1 aliphatic heterocycles. The standard InChI is InChI=1S/C8H15NO2/c1-7-5-9-8(6-10-2)3-4-11-7/h7H,3-6H2,1-2H3. The molecule has 1 atom stereocenters. The molecule has 3 nitrogen and oxygen atoms in total. The van der Waals surface area contributed by atoms with Crippen LogP contribution in [0.4, 0.5) is 0 Å². The molecule has 0 amide bonds.